The summed E-state index contributed by atoms with van der Waals surface area (Å²) >= 11 is 3.44. The van der Waals surface area contributed by atoms with Crippen LogP contribution >= 0.6 is 15.9 Å². The third-order valence-corrected chi connectivity index (χ3v) is 3.06. The van der Waals surface area contributed by atoms with Gasteiger partial charge in [0.25, 0.3) is 0 Å². The molecule has 16 heavy (non-hydrogen) atoms. The second kappa shape index (κ2) is 7.49. The Morgan fingerprint density at radius 3 is 2.88 bits per heavy atom. The lowest BCUT2D eigenvalue weighted by atomic mass is 10.2. The molecule has 0 amide bonds. The second-order valence-electron chi connectivity index (χ2n) is 3.73. The first-order valence-corrected chi connectivity index (χ1v) is 6.67. The van der Waals surface area contributed by atoms with E-state index in [0.717, 1.165) is 17.6 Å². The van der Waals surface area contributed by atoms with Crippen molar-refractivity contribution in [2.24, 2.45) is 0 Å². The Morgan fingerprint density at radius 1 is 1.38 bits per heavy atom. The van der Waals surface area contributed by atoms with E-state index >= 15 is 0 Å². The number of anilines is 1. The Morgan fingerprint density at radius 2 is 2.19 bits per heavy atom. The predicted octanol–water partition coefficient (Wildman–Crippen LogP) is 3.09. The fourth-order valence-electron chi connectivity index (χ4n) is 1.50. The molecule has 0 bridgehead atoms. The summed E-state index contributed by atoms with van der Waals surface area (Å²) in [6, 6.07) is 3.97. The van der Waals surface area contributed by atoms with E-state index < -0.39 is 0 Å². The minimum absolute atomic E-state index is 0.671. The molecule has 0 saturated heterocycles. The van der Waals surface area contributed by atoms with Crippen LogP contribution in [0.25, 0.3) is 0 Å². The Hall–Kier alpha value is -0.770. The molecular formula is C12H19BrN2O. The number of alkyl halides is 1. The number of hydrogen-bond donors (Lipinski definition) is 0. The third-order valence-electron chi connectivity index (χ3n) is 2.50. The zero-order valence-corrected chi connectivity index (χ0v) is 11.5. The van der Waals surface area contributed by atoms with E-state index in [0.29, 0.717) is 5.88 Å². The van der Waals surface area contributed by atoms with E-state index in [9.17, 15) is 0 Å². The molecule has 0 unspecified atom stereocenters. The van der Waals surface area contributed by atoms with Crippen LogP contribution in [-0.4, -0.2) is 31.0 Å². The van der Waals surface area contributed by atoms with Crippen LogP contribution in [0.1, 0.15) is 19.3 Å². The topological polar surface area (TPSA) is 25.4 Å². The van der Waals surface area contributed by atoms with Gasteiger partial charge in [-0.1, -0.05) is 22.4 Å². The first kappa shape index (κ1) is 13.3. The first-order valence-electron chi connectivity index (χ1n) is 5.55. The maximum atomic E-state index is 5.10. The summed E-state index contributed by atoms with van der Waals surface area (Å²) in [7, 11) is 3.74. The summed E-state index contributed by atoms with van der Waals surface area (Å²) in [6.07, 6.45) is 5.50. The molecule has 1 rings (SSSR count). The maximum Gasteiger partial charge on any atom is 0.214 e. The van der Waals surface area contributed by atoms with Crippen molar-refractivity contribution in [1.29, 1.82) is 0 Å². The standard InChI is InChI=1S/C12H19BrN2O/c1-15(9-5-3-4-7-13)11-6-8-14-12(10-11)16-2/h6,8,10H,3-5,7,9H2,1-2H3. The van der Waals surface area contributed by atoms with Crippen LogP contribution in [0.2, 0.25) is 0 Å². The van der Waals surface area contributed by atoms with Crippen molar-refractivity contribution in [2.75, 3.05) is 30.9 Å². The van der Waals surface area contributed by atoms with Crippen LogP contribution in [-0.2, 0) is 0 Å². The molecule has 4 heteroatoms. The molecule has 0 radical (unpaired) electrons. The average Bonchev–Trinajstić information content (AvgIpc) is 2.34. The van der Waals surface area contributed by atoms with Gasteiger partial charge in [0.15, 0.2) is 0 Å². The van der Waals surface area contributed by atoms with Gasteiger partial charge in [0.05, 0.1) is 7.11 Å². The lowest BCUT2D eigenvalue weighted by Gasteiger charge is -2.19. The first-order chi connectivity index (χ1) is 7.77. The summed E-state index contributed by atoms with van der Waals surface area (Å²) in [4.78, 5) is 6.33. The lowest BCUT2D eigenvalue weighted by Crippen LogP contribution is -2.18. The molecule has 1 aromatic rings. The largest absolute Gasteiger partial charge is 0.481 e. The number of aromatic nitrogens is 1. The molecule has 90 valence electrons. The molecule has 0 aromatic carbocycles. The molecule has 0 spiro atoms. The lowest BCUT2D eigenvalue weighted by molar-refractivity contribution is 0.398. The number of unbranched alkanes of at least 4 members (excludes halogenated alkanes) is 2. The number of hydrogen-bond acceptors (Lipinski definition) is 3. The monoisotopic (exact) mass is 286 g/mol. The van der Waals surface area contributed by atoms with Crippen molar-refractivity contribution in [3.8, 4) is 5.88 Å². The maximum absolute atomic E-state index is 5.10. The van der Waals surface area contributed by atoms with Crippen molar-refractivity contribution in [1.82, 2.24) is 4.98 Å². The number of pyridine rings is 1. The van der Waals surface area contributed by atoms with Crippen LogP contribution < -0.4 is 9.64 Å². The predicted molar refractivity (Wildman–Crippen MR) is 71.7 cm³/mol. The molecule has 0 atom stereocenters. The minimum Gasteiger partial charge on any atom is -0.481 e. The van der Waals surface area contributed by atoms with Gasteiger partial charge in [-0.2, -0.15) is 0 Å². The van der Waals surface area contributed by atoms with Crippen LogP contribution in [0, 0.1) is 0 Å². The summed E-state index contributed by atoms with van der Waals surface area (Å²) in [5.74, 6) is 0.671. The highest BCUT2D eigenvalue weighted by atomic mass is 79.9. The molecular weight excluding hydrogens is 268 g/mol. The van der Waals surface area contributed by atoms with Gasteiger partial charge in [-0.05, 0) is 18.9 Å². The molecule has 1 heterocycles. The van der Waals surface area contributed by atoms with Gasteiger partial charge in [-0.25, -0.2) is 4.98 Å². The Balaban J connectivity index is 2.42. The Kier molecular flexibility index (Phi) is 6.23. The molecule has 1 aromatic heterocycles. The van der Waals surface area contributed by atoms with Gasteiger partial charge in [0, 0.05) is 36.9 Å². The van der Waals surface area contributed by atoms with E-state index in [1.54, 1.807) is 13.3 Å². The van der Waals surface area contributed by atoms with Crippen LogP contribution in [0.3, 0.4) is 0 Å². The van der Waals surface area contributed by atoms with Gasteiger partial charge in [0.1, 0.15) is 0 Å². The number of rotatable bonds is 7. The van der Waals surface area contributed by atoms with Crippen LogP contribution in [0.4, 0.5) is 5.69 Å². The van der Waals surface area contributed by atoms with E-state index in [-0.39, 0.29) is 0 Å². The Labute approximate surface area is 106 Å². The summed E-state index contributed by atoms with van der Waals surface area (Å²) in [5, 5.41) is 1.10. The quantitative estimate of drug-likeness (QED) is 0.569. The van der Waals surface area contributed by atoms with Crippen molar-refractivity contribution in [2.45, 2.75) is 19.3 Å². The molecule has 0 aliphatic rings. The molecule has 0 saturated carbocycles. The number of methoxy groups -OCH3 is 1. The molecule has 3 nitrogen and oxygen atoms in total. The van der Waals surface area contributed by atoms with Gasteiger partial charge in [-0.3, -0.25) is 0 Å². The number of halogens is 1. The van der Waals surface area contributed by atoms with E-state index in [4.69, 9.17) is 4.74 Å². The van der Waals surface area contributed by atoms with Gasteiger partial charge >= 0.3 is 0 Å². The molecule has 0 aliphatic carbocycles. The fourth-order valence-corrected chi connectivity index (χ4v) is 1.89. The fraction of sp³-hybridized carbons (Fsp3) is 0.583. The van der Waals surface area contributed by atoms with E-state index in [2.05, 4.69) is 32.9 Å². The highest BCUT2D eigenvalue weighted by molar-refractivity contribution is 9.09. The average molecular weight is 287 g/mol. The number of nitrogens with zero attached hydrogens (tertiary/aromatic N) is 2. The second-order valence-corrected chi connectivity index (χ2v) is 4.52. The van der Waals surface area contributed by atoms with Crippen molar-refractivity contribution in [3.05, 3.63) is 18.3 Å². The smallest absolute Gasteiger partial charge is 0.214 e. The molecule has 0 N–H and O–H groups in total. The van der Waals surface area contributed by atoms with Crippen molar-refractivity contribution < 1.29 is 4.74 Å². The third kappa shape index (κ3) is 4.39. The van der Waals surface area contributed by atoms with Crippen molar-refractivity contribution in [3.63, 3.8) is 0 Å². The van der Waals surface area contributed by atoms with Crippen LogP contribution in [0.5, 0.6) is 5.88 Å². The molecule has 0 aliphatic heterocycles. The van der Waals surface area contributed by atoms with Crippen molar-refractivity contribution >= 4 is 21.6 Å². The zero-order valence-electron chi connectivity index (χ0n) is 9.95. The highest BCUT2D eigenvalue weighted by Crippen LogP contribution is 2.17. The zero-order chi connectivity index (χ0) is 11.8. The Bertz CT molecular complexity index is 307. The van der Waals surface area contributed by atoms with Gasteiger partial charge < -0.3 is 9.64 Å². The summed E-state index contributed by atoms with van der Waals surface area (Å²) < 4.78 is 5.10. The minimum atomic E-state index is 0.671. The highest BCUT2D eigenvalue weighted by Gasteiger charge is 2.02. The van der Waals surface area contributed by atoms with Gasteiger partial charge in [-0.15, -0.1) is 0 Å². The van der Waals surface area contributed by atoms with Crippen LogP contribution in [0.15, 0.2) is 18.3 Å². The summed E-state index contributed by atoms with van der Waals surface area (Å²) in [5.41, 5.74) is 1.16. The molecule has 0 fully saturated rings. The van der Waals surface area contributed by atoms with E-state index in [1.807, 2.05) is 12.1 Å². The number of ether oxygens (including phenoxy) is 1. The normalized spacial score (nSPS) is 10.2. The summed E-state index contributed by atoms with van der Waals surface area (Å²) in [6.45, 7) is 1.07. The SMILES string of the molecule is COc1cc(N(C)CCCCCBr)ccn1. The van der Waals surface area contributed by atoms with Gasteiger partial charge in [0.2, 0.25) is 5.88 Å². The van der Waals surface area contributed by atoms with E-state index in [1.165, 1.54) is 19.3 Å².